The van der Waals surface area contributed by atoms with Gasteiger partial charge in [0.05, 0.1) is 12.2 Å². The van der Waals surface area contributed by atoms with Gasteiger partial charge in [0, 0.05) is 17.8 Å². The summed E-state index contributed by atoms with van der Waals surface area (Å²) in [4.78, 5) is 18.4. The molecule has 0 aliphatic rings. The number of ether oxygens (including phenoxy) is 1. The van der Waals surface area contributed by atoms with Gasteiger partial charge < -0.3 is 4.74 Å². The number of halogens is 1. The Bertz CT molecular complexity index is 617. The molecule has 1 aromatic heterocycles. The molecule has 0 aliphatic heterocycles. The van der Waals surface area contributed by atoms with Crippen LogP contribution in [-0.4, -0.2) is 28.9 Å². The third-order valence-electron chi connectivity index (χ3n) is 3.53. The molecular formula is C18H21ClN2O2. The minimum atomic E-state index is -0.349. The van der Waals surface area contributed by atoms with Crippen molar-refractivity contribution in [2.75, 3.05) is 13.1 Å². The normalized spacial score (nSPS) is 12.2. The van der Waals surface area contributed by atoms with Crippen molar-refractivity contribution in [3.05, 3.63) is 64.9 Å². The summed E-state index contributed by atoms with van der Waals surface area (Å²) in [5, 5.41) is 0.709. The molecule has 0 aliphatic carbocycles. The summed E-state index contributed by atoms with van der Waals surface area (Å²) in [6, 6.07) is 13.2. The van der Waals surface area contributed by atoms with E-state index in [0.29, 0.717) is 11.6 Å². The number of esters is 1. The molecule has 1 heterocycles. The largest absolute Gasteiger partial charge is 0.455 e. The number of aromatic nitrogens is 1. The molecule has 1 atom stereocenters. The zero-order chi connectivity index (χ0) is 16.7. The number of benzene rings is 1. The molecule has 0 radical (unpaired) electrons. The minimum absolute atomic E-state index is 0.246. The molecule has 0 N–H and O–H groups in total. The summed E-state index contributed by atoms with van der Waals surface area (Å²) in [6.07, 6.45) is 1.34. The molecule has 1 aromatic carbocycles. The van der Waals surface area contributed by atoms with Gasteiger partial charge in [-0.3, -0.25) is 14.7 Å². The van der Waals surface area contributed by atoms with Crippen molar-refractivity contribution in [2.24, 2.45) is 0 Å². The Kier molecular flexibility index (Phi) is 6.56. The lowest BCUT2D eigenvalue weighted by Crippen LogP contribution is -2.31. The van der Waals surface area contributed by atoms with Crippen LogP contribution in [0.25, 0.3) is 0 Å². The molecule has 4 nitrogen and oxygen atoms in total. The fourth-order valence-corrected chi connectivity index (χ4v) is 2.35. The van der Waals surface area contributed by atoms with Crippen molar-refractivity contribution in [2.45, 2.75) is 26.5 Å². The average molecular weight is 333 g/mol. The van der Waals surface area contributed by atoms with Crippen LogP contribution in [0, 0.1) is 0 Å². The quantitative estimate of drug-likeness (QED) is 0.722. The highest BCUT2D eigenvalue weighted by Gasteiger charge is 2.15. The third kappa shape index (κ3) is 5.66. The Morgan fingerprint density at radius 2 is 2.00 bits per heavy atom. The molecule has 0 fully saturated rings. The monoisotopic (exact) mass is 332 g/mol. The van der Waals surface area contributed by atoms with Gasteiger partial charge in [-0.1, -0.05) is 36.7 Å². The fourth-order valence-electron chi connectivity index (χ4n) is 2.22. The van der Waals surface area contributed by atoms with E-state index in [1.54, 1.807) is 6.20 Å². The molecule has 2 rings (SSSR count). The van der Waals surface area contributed by atoms with Crippen molar-refractivity contribution >= 4 is 17.6 Å². The number of hydrogen-bond donors (Lipinski definition) is 0. The van der Waals surface area contributed by atoms with Crippen molar-refractivity contribution in [1.82, 2.24) is 9.88 Å². The van der Waals surface area contributed by atoms with Crippen molar-refractivity contribution < 1.29 is 9.53 Å². The molecule has 0 bridgehead atoms. The number of rotatable bonds is 7. The zero-order valence-electron chi connectivity index (χ0n) is 13.4. The average Bonchev–Trinajstić information content (AvgIpc) is 2.57. The highest BCUT2D eigenvalue weighted by atomic mass is 35.5. The first-order chi connectivity index (χ1) is 11.1. The van der Waals surface area contributed by atoms with Crippen LogP contribution in [-0.2, 0) is 16.1 Å². The van der Waals surface area contributed by atoms with Gasteiger partial charge in [-0.2, -0.15) is 0 Å². The maximum atomic E-state index is 12.1. The maximum Gasteiger partial charge on any atom is 0.320 e. The first-order valence-electron chi connectivity index (χ1n) is 7.65. The molecule has 0 spiro atoms. The second-order valence-electron chi connectivity index (χ2n) is 5.32. The maximum absolute atomic E-state index is 12.1. The molecule has 0 saturated heterocycles. The fraction of sp³-hybridized carbons (Fsp3) is 0.333. The highest BCUT2D eigenvalue weighted by Crippen LogP contribution is 2.15. The Labute approximate surface area is 142 Å². The molecule has 0 amide bonds. The van der Waals surface area contributed by atoms with Crippen LogP contribution in [0.4, 0.5) is 0 Å². The van der Waals surface area contributed by atoms with Crippen molar-refractivity contribution in [3.8, 4) is 0 Å². The van der Waals surface area contributed by atoms with Gasteiger partial charge >= 0.3 is 5.97 Å². The number of carbonyl (C=O) groups is 1. The smallest absolute Gasteiger partial charge is 0.320 e. The van der Waals surface area contributed by atoms with Crippen LogP contribution in [0.3, 0.4) is 0 Å². The van der Waals surface area contributed by atoms with Crippen LogP contribution >= 0.6 is 11.6 Å². The van der Waals surface area contributed by atoms with E-state index < -0.39 is 0 Å². The Morgan fingerprint density at radius 3 is 2.61 bits per heavy atom. The summed E-state index contributed by atoms with van der Waals surface area (Å²) in [5.74, 6) is -0.251. The van der Waals surface area contributed by atoms with E-state index in [0.717, 1.165) is 17.8 Å². The van der Waals surface area contributed by atoms with E-state index in [9.17, 15) is 4.79 Å². The topological polar surface area (TPSA) is 42.4 Å². The SMILES string of the molecule is CCN(CC(=O)O[C@@H](C)c1ccccn1)Cc1ccc(Cl)cc1. The first-order valence-corrected chi connectivity index (χ1v) is 8.03. The summed E-state index contributed by atoms with van der Waals surface area (Å²) in [6.45, 7) is 5.54. The number of hydrogen-bond acceptors (Lipinski definition) is 4. The lowest BCUT2D eigenvalue weighted by Gasteiger charge is -2.21. The number of likely N-dealkylation sites (N-methyl/N-ethyl adjacent to an activating group) is 1. The van der Waals surface area contributed by atoms with Crippen LogP contribution in [0.1, 0.15) is 31.2 Å². The van der Waals surface area contributed by atoms with Gasteiger partial charge in [0.15, 0.2) is 0 Å². The zero-order valence-corrected chi connectivity index (χ0v) is 14.2. The number of nitrogens with zero attached hydrogens (tertiary/aromatic N) is 2. The van der Waals surface area contributed by atoms with Gasteiger partial charge in [-0.15, -0.1) is 0 Å². The van der Waals surface area contributed by atoms with E-state index in [2.05, 4.69) is 4.98 Å². The molecule has 0 saturated carbocycles. The lowest BCUT2D eigenvalue weighted by atomic mass is 10.2. The van der Waals surface area contributed by atoms with E-state index in [4.69, 9.17) is 16.3 Å². The van der Waals surface area contributed by atoms with Crippen LogP contribution in [0.2, 0.25) is 5.02 Å². The predicted octanol–water partition coefficient (Wildman–Crippen LogP) is 3.86. The van der Waals surface area contributed by atoms with Gasteiger partial charge in [-0.25, -0.2) is 0 Å². The van der Waals surface area contributed by atoms with Crippen molar-refractivity contribution in [3.63, 3.8) is 0 Å². The molecule has 5 heteroatoms. The third-order valence-corrected chi connectivity index (χ3v) is 3.78. The molecule has 0 unspecified atom stereocenters. The molecule has 2 aromatic rings. The van der Waals surface area contributed by atoms with Crippen LogP contribution in [0.5, 0.6) is 0 Å². The van der Waals surface area contributed by atoms with Gasteiger partial charge in [0.25, 0.3) is 0 Å². The summed E-state index contributed by atoms with van der Waals surface area (Å²) >= 11 is 5.89. The molecule has 23 heavy (non-hydrogen) atoms. The lowest BCUT2D eigenvalue weighted by molar-refractivity contribution is -0.150. The summed E-state index contributed by atoms with van der Waals surface area (Å²) < 4.78 is 5.46. The number of pyridine rings is 1. The summed E-state index contributed by atoms with van der Waals surface area (Å²) in [7, 11) is 0. The second kappa shape index (κ2) is 8.65. The molecule has 122 valence electrons. The van der Waals surface area contributed by atoms with Crippen molar-refractivity contribution in [1.29, 1.82) is 0 Å². The van der Waals surface area contributed by atoms with Gasteiger partial charge in [-0.05, 0) is 43.3 Å². The first kappa shape index (κ1) is 17.4. The Balaban J connectivity index is 1.88. The van der Waals surface area contributed by atoms with E-state index in [-0.39, 0.29) is 18.6 Å². The van der Waals surface area contributed by atoms with E-state index >= 15 is 0 Å². The molecular weight excluding hydrogens is 312 g/mol. The Hall–Kier alpha value is -1.91. The van der Waals surface area contributed by atoms with Gasteiger partial charge in [0.1, 0.15) is 6.10 Å². The standard InChI is InChI=1S/C18H21ClN2O2/c1-3-21(12-15-7-9-16(19)10-8-15)13-18(22)23-14(2)17-6-4-5-11-20-17/h4-11,14H,3,12-13H2,1-2H3/t14-/m0/s1. The van der Waals surface area contributed by atoms with Crippen LogP contribution in [0.15, 0.2) is 48.7 Å². The Morgan fingerprint density at radius 1 is 1.26 bits per heavy atom. The highest BCUT2D eigenvalue weighted by molar-refractivity contribution is 6.30. The minimum Gasteiger partial charge on any atom is -0.455 e. The number of carbonyl (C=O) groups excluding carboxylic acids is 1. The predicted molar refractivity (Wildman–Crippen MR) is 91.1 cm³/mol. The van der Waals surface area contributed by atoms with Crippen LogP contribution < -0.4 is 0 Å². The summed E-state index contributed by atoms with van der Waals surface area (Å²) in [5.41, 5.74) is 1.86. The second-order valence-corrected chi connectivity index (χ2v) is 5.75. The van der Waals surface area contributed by atoms with Gasteiger partial charge in [0.2, 0.25) is 0 Å². The van der Waals surface area contributed by atoms with E-state index in [1.807, 2.05) is 61.2 Å². The van der Waals surface area contributed by atoms with E-state index in [1.165, 1.54) is 0 Å².